The van der Waals surface area contributed by atoms with Crippen LogP contribution in [0, 0.1) is 13.8 Å². The molecule has 1 saturated heterocycles. The molecule has 1 fully saturated rings. The van der Waals surface area contributed by atoms with Crippen molar-refractivity contribution in [3.63, 3.8) is 0 Å². The number of carbonyl (C=O) groups is 1. The summed E-state index contributed by atoms with van der Waals surface area (Å²) in [5, 5.41) is 3.34. The zero-order valence-corrected chi connectivity index (χ0v) is 14.0. The monoisotopic (exact) mass is 304 g/mol. The van der Waals surface area contributed by atoms with Gasteiger partial charge in [-0.25, -0.2) is 0 Å². The second-order valence-corrected chi connectivity index (χ2v) is 6.16. The highest BCUT2D eigenvalue weighted by atomic mass is 16.5. The average Bonchev–Trinajstić information content (AvgIpc) is 2.97. The first-order valence-electron chi connectivity index (χ1n) is 8.31. The maximum absolute atomic E-state index is 12.5. The number of aryl methyl sites for hydroxylation is 2. The molecule has 0 aliphatic carbocycles. The lowest BCUT2D eigenvalue weighted by atomic mass is 10.1. The Morgan fingerprint density at radius 3 is 2.64 bits per heavy atom. The van der Waals surface area contributed by atoms with Gasteiger partial charge in [-0.1, -0.05) is 13.0 Å². The van der Waals surface area contributed by atoms with E-state index in [0.717, 1.165) is 38.2 Å². The van der Waals surface area contributed by atoms with Crippen LogP contribution in [-0.2, 0) is 4.79 Å². The summed E-state index contributed by atoms with van der Waals surface area (Å²) in [6, 6.07) is 6.51. The van der Waals surface area contributed by atoms with Gasteiger partial charge in [0.2, 0.25) is 5.91 Å². The van der Waals surface area contributed by atoms with Gasteiger partial charge in [0.1, 0.15) is 5.75 Å². The van der Waals surface area contributed by atoms with Crippen LogP contribution in [0.15, 0.2) is 18.2 Å². The van der Waals surface area contributed by atoms with Gasteiger partial charge in [0.25, 0.3) is 0 Å². The number of hydrogen-bond acceptors (Lipinski definition) is 3. The summed E-state index contributed by atoms with van der Waals surface area (Å²) in [7, 11) is 0. The van der Waals surface area contributed by atoms with E-state index in [4.69, 9.17) is 4.74 Å². The van der Waals surface area contributed by atoms with E-state index in [9.17, 15) is 4.79 Å². The third-order valence-electron chi connectivity index (χ3n) is 4.04. The number of amides is 1. The Labute approximate surface area is 133 Å². The molecule has 122 valence electrons. The van der Waals surface area contributed by atoms with Gasteiger partial charge in [-0.15, -0.1) is 0 Å². The third kappa shape index (κ3) is 4.73. The Hall–Kier alpha value is -1.55. The van der Waals surface area contributed by atoms with Gasteiger partial charge in [-0.3, -0.25) is 4.79 Å². The van der Waals surface area contributed by atoms with Gasteiger partial charge < -0.3 is 15.0 Å². The van der Waals surface area contributed by atoms with Gasteiger partial charge >= 0.3 is 0 Å². The summed E-state index contributed by atoms with van der Waals surface area (Å²) < 4.78 is 5.77. The Kier molecular flexibility index (Phi) is 6.25. The molecule has 1 heterocycles. The molecule has 1 aromatic rings. The molecule has 1 atom stereocenters. The van der Waals surface area contributed by atoms with Crippen LogP contribution in [0.25, 0.3) is 0 Å². The summed E-state index contributed by atoms with van der Waals surface area (Å²) in [5.41, 5.74) is 2.37. The zero-order chi connectivity index (χ0) is 15.9. The molecular formula is C18H28N2O2. The fourth-order valence-corrected chi connectivity index (χ4v) is 3.07. The summed E-state index contributed by atoms with van der Waals surface area (Å²) >= 11 is 0. The highest BCUT2D eigenvalue weighted by Gasteiger charge is 2.25. The minimum absolute atomic E-state index is 0.208. The highest BCUT2D eigenvalue weighted by molar-refractivity contribution is 5.76. The lowest BCUT2D eigenvalue weighted by Gasteiger charge is -2.28. The van der Waals surface area contributed by atoms with Crippen molar-refractivity contribution in [2.75, 3.05) is 26.2 Å². The number of hydrogen-bond donors (Lipinski definition) is 1. The number of carbonyl (C=O) groups excluding carboxylic acids is 1. The molecular weight excluding hydrogens is 276 g/mol. The molecule has 1 unspecified atom stereocenters. The predicted octanol–water partition coefficient (Wildman–Crippen LogP) is 2.67. The van der Waals surface area contributed by atoms with Crippen molar-refractivity contribution < 1.29 is 9.53 Å². The quantitative estimate of drug-likeness (QED) is 0.842. The lowest BCUT2D eigenvalue weighted by molar-refractivity contribution is -0.133. The molecule has 4 heteroatoms. The van der Waals surface area contributed by atoms with Gasteiger partial charge in [0.15, 0.2) is 0 Å². The van der Waals surface area contributed by atoms with Crippen molar-refractivity contribution in [2.24, 2.45) is 0 Å². The normalized spacial score (nSPS) is 17.5. The minimum atomic E-state index is 0.208. The molecule has 4 nitrogen and oxygen atoms in total. The van der Waals surface area contributed by atoms with E-state index in [2.05, 4.69) is 32.2 Å². The van der Waals surface area contributed by atoms with Crippen LogP contribution < -0.4 is 10.1 Å². The maximum Gasteiger partial charge on any atom is 0.226 e. The first kappa shape index (κ1) is 16.8. The van der Waals surface area contributed by atoms with E-state index in [1.54, 1.807) is 0 Å². The molecule has 22 heavy (non-hydrogen) atoms. The summed E-state index contributed by atoms with van der Waals surface area (Å²) in [5.74, 6) is 1.06. The molecule has 0 radical (unpaired) electrons. The highest BCUT2D eigenvalue weighted by Crippen LogP contribution is 2.17. The molecule has 1 amide bonds. The Bertz CT molecular complexity index is 476. The van der Waals surface area contributed by atoms with Crippen molar-refractivity contribution in [1.29, 1.82) is 0 Å². The molecule has 0 aromatic heterocycles. The number of ether oxygens (including phenoxy) is 1. The summed E-state index contributed by atoms with van der Waals surface area (Å²) in [6.07, 6.45) is 2.51. The zero-order valence-electron chi connectivity index (χ0n) is 14.0. The van der Waals surface area contributed by atoms with Crippen LogP contribution >= 0.6 is 0 Å². The Balaban J connectivity index is 1.84. The van der Waals surface area contributed by atoms with E-state index in [-0.39, 0.29) is 5.91 Å². The molecule has 2 rings (SSSR count). The van der Waals surface area contributed by atoms with Crippen LogP contribution in [0.5, 0.6) is 5.75 Å². The molecule has 0 saturated carbocycles. The van der Waals surface area contributed by atoms with E-state index < -0.39 is 0 Å². The van der Waals surface area contributed by atoms with Gasteiger partial charge in [0, 0.05) is 19.1 Å². The first-order valence-corrected chi connectivity index (χ1v) is 8.31. The summed E-state index contributed by atoms with van der Waals surface area (Å²) in [4.78, 5) is 14.5. The van der Waals surface area contributed by atoms with E-state index in [1.165, 1.54) is 11.1 Å². The average molecular weight is 304 g/mol. The molecule has 1 aromatic carbocycles. The number of benzene rings is 1. The molecule has 1 aliphatic rings. The van der Waals surface area contributed by atoms with Gasteiger partial charge in [-0.05, 0) is 56.5 Å². The van der Waals surface area contributed by atoms with E-state index in [1.807, 2.05) is 17.0 Å². The van der Waals surface area contributed by atoms with Crippen molar-refractivity contribution >= 4 is 5.91 Å². The standard InChI is InChI=1S/C18H28N2O2/c1-4-8-20(16-5-7-19-13-16)18(21)6-9-22-17-11-14(2)10-15(3)12-17/h10-12,16,19H,4-9,13H2,1-3H3. The van der Waals surface area contributed by atoms with Crippen LogP contribution in [0.2, 0.25) is 0 Å². The number of rotatable bonds is 7. The van der Waals surface area contributed by atoms with Crippen molar-refractivity contribution in [3.05, 3.63) is 29.3 Å². The Morgan fingerprint density at radius 2 is 2.05 bits per heavy atom. The van der Waals surface area contributed by atoms with Crippen LogP contribution in [0.3, 0.4) is 0 Å². The smallest absolute Gasteiger partial charge is 0.226 e. The minimum Gasteiger partial charge on any atom is -0.493 e. The van der Waals surface area contributed by atoms with Crippen LogP contribution in [0.4, 0.5) is 0 Å². The molecule has 1 N–H and O–H groups in total. The largest absolute Gasteiger partial charge is 0.493 e. The van der Waals surface area contributed by atoms with E-state index in [0.29, 0.717) is 19.1 Å². The fourth-order valence-electron chi connectivity index (χ4n) is 3.07. The molecule has 0 spiro atoms. The number of nitrogens with zero attached hydrogens (tertiary/aromatic N) is 1. The topological polar surface area (TPSA) is 41.6 Å². The van der Waals surface area contributed by atoms with Gasteiger partial charge in [0.05, 0.1) is 13.0 Å². The molecule has 1 aliphatic heterocycles. The van der Waals surface area contributed by atoms with Crippen molar-refractivity contribution in [2.45, 2.75) is 46.1 Å². The number of nitrogens with one attached hydrogen (secondary N) is 1. The van der Waals surface area contributed by atoms with Crippen LogP contribution in [-0.4, -0.2) is 43.1 Å². The van der Waals surface area contributed by atoms with Crippen molar-refractivity contribution in [1.82, 2.24) is 10.2 Å². The van der Waals surface area contributed by atoms with Gasteiger partial charge in [-0.2, -0.15) is 0 Å². The second-order valence-electron chi connectivity index (χ2n) is 6.16. The maximum atomic E-state index is 12.5. The van der Waals surface area contributed by atoms with E-state index >= 15 is 0 Å². The molecule has 0 bridgehead atoms. The van der Waals surface area contributed by atoms with Crippen molar-refractivity contribution in [3.8, 4) is 5.75 Å². The Morgan fingerprint density at radius 1 is 1.32 bits per heavy atom. The fraction of sp³-hybridized carbons (Fsp3) is 0.611. The third-order valence-corrected chi connectivity index (χ3v) is 4.04. The SMILES string of the molecule is CCCN(C(=O)CCOc1cc(C)cc(C)c1)C1CCNC1. The second kappa shape index (κ2) is 8.18. The first-order chi connectivity index (χ1) is 10.6. The lowest BCUT2D eigenvalue weighted by Crippen LogP contribution is -2.42. The summed E-state index contributed by atoms with van der Waals surface area (Å²) in [6.45, 7) is 9.45. The van der Waals surface area contributed by atoms with Crippen LogP contribution in [0.1, 0.15) is 37.3 Å². The predicted molar refractivity (Wildman–Crippen MR) is 89.3 cm³/mol.